The van der Waals surface area contributed by atoms with E-state index in [0.29, 0.717) is 17.5 Å². The van der Waals surface area contributed by atoms with Crippen LogP contribution < -0.4 is 0 Å². The number of esters is 1. The first kappa shape index (κ1) is 16.7. The van der Waals surface area contributed by atoms with Crippen molar-refractivity contribution >= 4 is 11.9 Å². The largest absolute Gasteiger partial charge is 0.478 e. The molecule has 0 saturated heterocycles. The number of ether oxygens (including phenoxy) is 1. The van der Waals surface area contributed by atoms with Crippen LogP contribution in [0.1, 0.15) is 52.5 Å². The molecular weight excluding hydrogens is 292 g/mol. The number of carboxylic acid groups (broad SMARTS) is 1. The Morgan fingerprint density at radius 3 is 2.26 bits per heavy atom. The molecule has 120 valence electrons. The predicted octanol–water partition coefficient (Wildman–Crippen LogP) is 4.12. The molecule has 0 amide bonds. The predicted molar refractivity (Wildman–Crippen MR) is 87.8 cm³/mol. The lowest BCUT2D eigenvalue weighted by Crippen LogP contribution is -2.18. The van der Waals surface area contributed by atoms with E-state index in [1.54, 1.807) is 42.5 Å². The van der Waals surface area contributed by atoms with E-state index < -0.39 is 5.97 Å². The number of aromatic carboxylic acids is 1. The van der Waals surface area contributed by atoms with E-state index in [2.05, 4.69) is 0 Å². The van der Waals surface area contributed by atoms with Gasteiger partial charge in [0.15, 0.2) is 0 Å². The van der Waals surface area contributed by atoms with Crippen LogP contribution >= 0.6 is 0 Å². The maximum atomic E-state index is 12.0. The van der Waals surface area contributed by atoms with Crippen molar-refractivity contribution in [2.45, 2.75) is 32.3 Å². The zero-order chi connectivity index (χ0) is 16.8. The van der Waals surface area contributed by atoms with Crippen molar-refractivity contribution in [3.63, 3.8) is 0 Å². The summed E-state index contributed by atoms with van der Waals surface area (Å²) in [5.74, 6) is -1.33. The SMILES string of the molecule is CC(CC(C)c1ccccc1C(=O)O)OC(=O)c1ccccc1. The van der Waals surface area contributed by atoms with E-state index in [9.17, 15) is 14.7 Å². The van der Waals surface area contributed by atoms with Gasteiger partial charge in [0.25, 0.3) is 0 Å². The highest BCUT2D eigenvalue weighted by molar-refractivity contribution is 5.90. The quantitative estimate of drug-likeness (QED) is 0.815. The molecule has 2 atom stereocenters. The number of carboxylic acids is 1. The minimum absolute atomic E-state index is 0.0270. The van der Waals surface area contributed by atoms with Crippen LogP contribution in [-0.2, 0) is 4.74 Å². The fourth-order valence-electron chi connectivity index (χ4n) is 2.62. The highest BCUT2D eigenvalue weighted by atomic mass is 16.5. The molecule has 0 aliphatic heterocycles. The van der Waals surface area contributed by atoms with Crippen LogP contribution in [-0.4, -0.2) is 23.1 Å². The number of hydrogen-bond donors (Lipinski definition) is 1. The number of rotatable bonds is 6. The van der Waals surface area contributed by atoms with Crippen LogP contribution in [0, 0.1) is 0 Å². The molecule has 0 fully saturated rings. The van der Waals surface area contributed by atoms with Gasteiger partial charge in [0.05, 0.1) is 17.2 Å². The van der Waals surface area contributed by atoms with Crippen LogP contribution in [0.4, 0.5) is 0 Å². The minimum atomic E-state index is -0.943. The van der Waals surface area contributed by atoms with Crippen molar-refractivity contribution in [1.29, 1.82) is 0 Å². The first-order valence-corrected chi connectivity index (χ1v) is 7.57. The monoisotopic (exact) mass is 312 g/mol. The average molecular weight is 312 g/mol. The molecule has 0 aliphatic rings. The van der Waals surface area contributed by atoms with Crippen LogP contribution in [0.5, 0.6) is 0 Å². The van der Waals surface area contributed by atoms with Gasteiger partial charge >= 0.3 is 11.9 Å². The molecule has 2 rings (SSSR count). The average Bonchev–Trinajstić information content (AvgIpc) is 2.55. The van der Waals surface area contributed by atoms with E-state index in [0.717, 1.165) is 5.56 Å². The van der Waals surface area contributed by atoms with Gasteiger partial charge in [0.1, 0.15) is 0 Å². The van der Waals surface area contributed by atoms with Crippen molar-refractivity contribution < 1.29 is 19.4 Å². The highest BCUT2D eigenvalue weighted by Crippen LogP contribution is 2.25. The summed E-state index contributed by atoms with van der Waals surface area (Å²) in [6, 6.07) is 15.7. The van der Waals surface area contributed by atoms with Gasteiger partial charge in [-0.25, -0.2) is 9.59 Å². The molecule has 0 aliphatic carbocycles. The normalized spacial score (nSPS) is 13.1. The lowest BCUT2D eigenvalue weighted by molar-refractivity contribution is 0.0312. The summed E-state index contributed by atoms with van der Waals surface area (Å²) >= 11 is 0. The Bertz CT molecular complexity index is 679. The Morgan fingerprint density at radius 2 is 1.61 bits per heavy atom. The summed E-state index contributed by atoms with van der Waals surface area (Å²) in [6.45, 7) is 3.76. The topological polar surface area (TPSA) is 63.6 Å². The molecule has 23 heavy (non-hydrogen) atoms. The van der Waals surface area contributed by atoms with Crippen molar-refractivity contribution in [3.05, 3.63) is 71.3 Å². The van der Waals surface area contributed by atoms with E-state index in [4.69, 9.17) is 4.74 Å². The summed E-state index contributed by atoms with van der Waals surface area (Å²) in [5.41, 5.74) is 1.56. The summed E-state index contributed by atoms with van der Waals surface area (Å²) < 4.78 is 5.44. The Labute approximate surface area is 135 Å². The van der Waals surface area contributed by atoms with Crippen LogP contribution in [0.15, 0.2) is 54.6 Å². The standard InChI is InChI=1S/C19H20O4/c1-13(16-10-6-7-11-17(16)18(20)21)12-14(2)23-19(22)15-8-4-3-5-9-15/h3-11,13-14H,12H2,1-2H3,(H,20,21). The molecule has 0 bridgehead atoms. The molecule has 1 N–H and O–H groups in total. The van der Waals surface area contributed by atoms with E-state index in [1.807, 2.05) is 26.0 Å². The lowest BCUT2D eigenvalue weighted by Gasteiger charge is -2.19. The number of carbonyl (C=O) groups is 2. The third kappa shape index (κ3) is 4.42. The smallest absolute Gasteiger partial charge is 0.338 e. The van der Waals surface area contributed by atoms with Crippen molar-refractivity contribution in [1.82, 2.24) is 0 Å². The maximum Gasteiger partial charge on any atom is 0.338 e. The fraction of sp³-hybridized carbons (Fsp3) is 0.263. The van der Waals surface area contributed by atoms with Gasteiger partial charge in [0, 0.05) is 0 Å². The van der Waals surface area contributed by atoms with Gasteiger partial charge in [-0.1, -0.05) is 43.3 Å². The number of carbonyl (C=O) groups excluding carboxylic acids is 1. The number of hydrogen-bond acceptors (Lipinski definition) is 3. The second-order valence-electron chi connectivity index (χ2n) is 5.61. The molecule has 2 aromatic rings. The number of benzene rings is 2. The van der Waals surface area contributed by atoms with Crippen LogP contribution in [0.25, 0.3) is 0 Å². The van der Waals surface area contributed by atoms with Crippen LogP contribution in [0.2, 0.25) is 0 Å². The Kier molecular flexibility index (Phi) is 5.52. The van der Waals surface area contributed by atoms with Gasteiger partial charge in [-0.2, -0.15) is 0 Å². The Balaban J connectivity index is 2.02. The zero-order valence-corrected chi connectivity index (χ0v) is 13.2. The van der Waals surface area contributed by atoms with Crippen molar-refractivity contribution in [2.75, 3.05) is 0 Å². The highest BCUT2D eigenvalue weighted by Gasteiger charge is 2.19. The molecule has 0 radical (unpaired) electrons. The van der Waals surface area contributed by atoms with Crippen LogP contribution in [0.3, 0.4) is 0 Å². The van der Waals surface area contributed by atoms with E-state index in [-0.39, 0.29) is 18.0 Å². The molecule has 4 nitrogen and oxygen atoms in total. The minimum Gasteiger partial charge on any atom is -0.478 e. The first-order chi connectivity index (χ1) is 11.0. The fourth-order valence-corrected chi connectivity index (χ4v) is 2.62. The molecule has 2 aromatic carbocycles. The molecule has 4 heteroatoms. The van der Waals surface area contributed by atoms with E-state index in [1.165, 1.54) is 0 Å². The Hall–Kier alpha value is -2.62. The zero-order valence-electron chi connectivity index (χ0n) is 13.2. The molecule has 0 spiro atoms. The molecule has 0 saturated carbocycles. The van der Waals surface area contributed by atoms with Crippen molar-refractivity contribution in [3.8, 4) is 0 Å². The molecule has 2 unspecified atom stereocenters. The molecule has 0 heterocycles. The summed E-state index contributed by atoms with van der Waals surface area (Å²) in [4.78, 5) is 23.3. The maximum absolute atomic E-state index is 12.0. The second kappa shape index (κ2) is 7.58. The van der Waals surface area contributed by atoms with Crippen molar-refractivity contribution in [2.24, 2.45) is 0 Å². The summed E-state index contributed by atoms with van der Waals surface area (Å²) in [5, 5.41) is 9.26. The van der Waals surface area contributed by atoms with Gasteiger partial charge in [-0.05, 0) is 43.0 Å². The third-order valence-electron chi connectivity index (χ3n) is 3.73. The van der Waals surface area contributed by atoms with Gasteiger partial charge in [-0.15, -0.1) is 0 Å². The van der Waals surface area contributed by atoms with Gasteiger partial charge in [-0.3, -0.25) is 0 Å². The van der Waals surface area contributed by atoms with Gasteiger partial charge in [0.2, 0.25) is 0 Å². The van der Waals surface area contributed by atoms with Gasteiger partial charge < -0.3 is 9.84 Å². The summed E-state index contributed by atoms with van der Waals surface area (Å²) in [7, 11) is 0. The molecular formula is C19H20O4. The Morgan fingerprint density at radius 1 is 1.00 bits per heavy atom. The first-order valence-electron chi connectivity index (χ1n) is 7.57. The molecule has 0 aromatic heterocycles. The third-order valence-corrected chi connectivity index (χ3v) is 3.73. The summed E-state index contributed by atoms with van der Waals surface area (Å²) in [6.07, 6.45) is 0.252. The lowest BCUT2D eigenvalue weighted by atomic mass is 9.91. The second-order valence-corrected chi connectivity index (χ2v) is 5.61. The van der Waals surface area contributed by atoms with E-state index >= 15 is 0 Å².